The topological polar surface area (TPSA) is 132 Å². The van der Waals surface area contributed by atoms with Crippen molar-refractivity contribution in [2.45, 2.75) is 148 Å². The molecule has 0 saturated carbocycles. The Balaban J connectivity index is 4.39. The maximum atomic E-state index is 12.5. The second-order valence-electron chi connectivity index (χ2n) is 12.6. The summed E-state index contributed by atoms with van der Waals surface area (Å²) in [4.78, 5) is 22.5. The molecule has 3 N–H and O–H groups in total. The van der Waals surface area contributed by atoms with Crippen LogP contribution in [0.5, 0.6) is 0 Å². The molecule has 9 nitrogen and oxygen atoms in total. The van der Waals surface area contributed by atoms with E-state index in [2.05, 4.69) is 80.7 Å². The van der Waals surface area contributed by atoms with E-state index in [9.17, 15) is 19.4 Å². The lowest BCUT2D eigenvalue weighted by molar-refractivity contribution is -0.154. The van der Waals surface area contributed by atoms with Crippen LogP contribution in [-0.2, 0) is 27.9 Å². The first kappa shape index (κ1) is 48.9. The fourth-order valence-electron chi connectivity index (χ4n) is 4.71. The van der Waals surface area contributed by atoms with E-state index in [1.807, 2.05) is 6.08 Å². The third-order valence-electron chi connectivity index (χ3n) is 7.65. The summed E-state index contributed by atoms with van der Waals surface area (Å²) < 4.78 is 33.1. The maximum Gasteiger partial charge on any atom is 0.472 e. The van der Waals surface area contributed by atoms with Gasteiger partial charge in [0.25, 0.3) is 0 Å². The lowest BCUT2D eigenvalue weighted by atomic mass is 10.1. The Kier molecular flexibility index (Phi) is 36.1. The molecule has 0 bridgehead atoms. The highest BCUT2D eigenvalue weighted by Crippen LogP contribution is 2.43. The Morgan fingerprint density at radius 1 is 0.627 bits per heavy atom. The molecule has 0 aliphatic heterocycles. The van der Waals surface area contributed by atoms with Crippen molar-refractivity contribution >= 4 is 13.8 Å². The second-order valence-corrected chi connectivity index (χ2v) is 14.0. The molecule has 51 heavy (non-hydrogen) atoms. The van der Waals surface area contributed by atoms with E-state index in [0.717, 1.165) is 64.2 Å². The minimum absolute atomic E-state index is 0.0119. The minimum Gasteiger partial charge on any atom is -0.457 e. The Hall–Kier alpha value is -2.10. The average molecular weight is 739 g/mol. The molecule has 0 heterocycles. The average Bonchev–Trinajstić information content (AvgIpc) is 3.12. The van der Waals surface area contributed by atoms with E-state index in [1.54, 1.807) is 0 Å². The van der Waals surface area contributed by atoms with Crippen molar-refractivity contribution in [2.75, 3.05) is 33.0 Å². The number of aliphatic hydroxyl groups is 2. The van der Waals surface area contributed by atoms with Crippen LogP contribution in [0.4, 0.5) is 0 Å². The number of hydrogen-bond acceptors (Lipinski definition) is 8. The van der Waals surface area contributed by atoms with Gasteiger partial charge in [0, 0.05) is 6.42 Å². The van der Waals surface area contributed by atoms with Crippen LogP contribution in [0.1, 0.15) is 136 Å². The van der Waals surface area contributed by atoms with E-state index < -0.39 is 45.8 Å². The predicted molar refractivity (Wildman–Crippen MR) is 209 cm³/mol. The fourth-order valence-corrected chi connectivity index (χ4v) is 5.50. The van der Waals surface area contributed by atoms with Crippen molar-refractivity contribution in [2.24, 2.45) is 0 Å². The molecular formula is C41H71O9P. The lowest BCUT2D eigenvalue weighted by Crippen LogP contribution is -2.29. The van der Waals surface area contributed by atoms with Crippen LogP contribution in [-0.4, -0.2) is 66.3 Å². The van der Waals surface area contributed by atoms with Gasteiger partial charge in [-0.25, -0.2) is 4.57 Å². The quantitative estimate of drug-likeness (QED) is 0.0249. The van der Waals surface area contributed by atoms with Gasteiger partial charge in [-0.1, -0.05) is 132 Å². The van der Waals surface area contributed by atoms with Gasteiger partial charge in [0.15, 0.2) is 0 Å². The van der Waals surface area contributed by atoms with Gasteiger partial charge in [0.05, 0.1) is 33.0 Å². The summed E-state index contributed by atoms with van der Waals surface area (Å²) in [7, 11) is -4.54. The zero-order valence-electron chi connectivity index (χ0n) is 31.8. The monoisotopic (exact) mass is 738 g/mol. The highest BCUT2D eigenvalue weighted by atomic mass is 31.2. The number of hydrogen-bond donors (Lipinski definition) is 3. The summed E-state index contributed by atoms with van der Waals surface area (Å²) in [6.07, 6.45) is 43.1. The van der Waals surface area contributed by atoms with Crippen LogP contribution in [0.25, 0.3) is 0 Å². The van der Waals surface area contributed by atoms with Gasteiger partial charge < -0.3 is 24.6 Å². The Morgan fingerprint density at radius 2 is 1.12 bits per heavy atom. The van der Waals surface area contributed by atoms with E-state index in [-0.39, 0.29) is 13.0 Å². The summed E-state index contributed by atoms with van der Waals surface area (Å²) in [6, 6.07) is 0. The van der Waals surface area contributed by atoms with Crippen molar-refractivity contribution in [3.63, 3.8) is 0 Å². The molecule has 0 rings (SSSR count). The van der Waals surface area contributed by atoms with Gasteiger partial charge in [-0.3, -0.25) is 13.8 Å². The first-order valence-electron chi connectivity index (χ1n) is 19.4. The number of aliphatic hydroxyl groups excluding tert-OH is 2. The zero-order chi connectivity index (χ0) is 37.5. The third kappa shape index (κ3) is 37.5. The minimum atomic E-state index is -4.54. The van der Waals surface area contributed by atoms with Crippen LogP contribution >= 0.6 is 7.82 Å². The Morgan fingerprint density at radius 3 is 1.69 bits per heavy atom. The van der Waals surface area contributed by atoms with Gasteiger partial charge in [-0.05, 0) is 70.6 Å². The van der Waals surface area contributed by atoms with Gasteiger partial charge in [-0.2, -0.15) is 0 Å². The summed E-state index contributed by atoms with van der Waals surface area (Å²) in [5.41, 5.74) is 0. The van der Waals surface area contributed by atoms with Crippen molar-refractivity contribution in [1.29, 1.82) is 0 Å². The van der Waals surface area contributed by atoms with Crippen molar-refractivity contribution in [3.8, 4) is 0 Å². The van der Waals surface area contributed by atoms with E-state index in [1.165, 1.54) is 38.5 Å². The van der Waals surface area contributed by atoms with Gasteiger partial charge in [0.1, 0.15) is 12.2 Å². The molecule has 0 spiro atoms. The summed E-state index contributed by atoms with van der Waals surface area (Å²) in [5, 5.41) is 18.3. The molecule has 0 aliphatic rings. The lowest BCUT2D eigenvalue weighted by Gasteiger charge is -2.20. The van der Waals surface area contributed by atoms with E-state index >= 15 is 0 Å². The number of ether oxygens (including phenoxy) is 2. The summed E-state index contributed by atoms with van der Waals surface area (Å²) in [6.45, 7) is 3.12. The Labute approximate surface area is 310 Å². The molecule has 0 aromatic rings. The number of allylic oxidation sites excluding steroid dienone is 11. The maximum absolute atomic E-state index is 12.5. The first-order valence-corrected chi connectivity index (χ1v) is 20.9. The molecule has 0 saturated heterocycles. The number of esters is 1. The van der Waals surface area contributed by atoms with Gasteiger partial charge in [-0.15, -0.1) is 0 Å². The van der Waals surface area contributed by atoms with E-state index in [0.29, 0.717) is 19.4 Å². The molecule has 3 atom stereocenters. The van der Waals surface area contributed by atoms with Crippen molar-refractivity contribution in [3.05, 3.63) is 72.9 Å². The zero-order valence-corrected chi connectivity index (χ0v) is 32.7. The highest BCUT2D eigenvalue weighted by Gasteiger charge is 2.26. The number of unbranched alkanes of at least 4 members (excludes halogenated alkanes) is 10. The Bertz CT molecular complexity index is 1020. The number of carbonyl (C=O) groups excluding carboxylic acids is 1. The second kappa shape index (κ2) is 37.7. The molecule has 0 fully saturated rings. The normalized spacial score (nSPS) is 15.0. The smallest absolute Gasteiger partial charge is 0.457 e. The molecule has 294 valence electrons. The number of phosphoric acid groups is 1. The standard InChI is InChI=1S/C41H71O9P/c1-3-5-7-9-11-13-15-17-19-20-22-24-26-28-30-32-34-47-37-40(38-49-51(45,46)48-36-39(43)35-42)50-41(44)33-31-29-27-25-23-21-18-16-14-12-10-8-6-4-2/h5,7,11,13,16-19,22,24,28,30,39-40,42-43H,3-4,6,8-10,12,14-15,20-21,23,25-27,29,31-38H2,1-2H3,(H,45,46)/b7-5-,13-11-,18-16-,19-17-,24-22-,30-28-. The first-order chi connectivity index (χ1) is 24.8. The summed E-state index contributed by atoms with van der Waals surface area (Å²) in [5.74, 6) is -0.420. The number of carbonyl (C=O) groups is 1. The molecule has 0 radical (unpaired) electrons. The molecule has 10 heteroatoms. The van der Waals surface area contributed by atoms with Crippen LogP contribution in [0.15, 0.2) is 72.9 Å². The van der Waals surface area contributed by atoms with Crippen LogP contribution in [0, 0.1) is 0 Å². The van der Waals surface area contributed by atoms with Crippen LogP contribution in [0.3, 0.4) is 0 Å². The van der Waals surface area contributed by atoms with Crippen molar-refractivity contribution < 1.29 is 43.0 Å². The third-order valence-corrected chi connectivity index (χ3v) is 8.60. The molecular weight excluding hydrogens is 667 g/mol. The van der Waals surface area contributed by atoms with Crippen LogP contribution in [0.2, 0.25) is 0 Å². The largest absolute Gasteiger partial charge is 0.472 e. The van der Waals surface area contributed by atoms with Gasteiger partial charge in [0.2, 0.25) is 0 Å². The molecule has 0 aromatic heterocycles. The molecule has 3 unspecified atom stereocenters. The molecule has 0 aromatic carbocycles. The number of rotatable bonds is 36. The molecule has 0 aliphatic carbocycles. The molecule has 0 amide bonds. The SMILES string of the molecule is CC/C=C\C/C=C\C/C=C\C/C=C\C/C=C\CCOCC(COP(=O)(O)OCC(O)CO)OC(=O)CCCCCCC/C=C\CCCCCCC. The van der Waals surface area contributed by atoms with E-state index in [4.69, 9.17) is 23.6 Å². The predicted octanol–water partition coefficient (Wildman–Crippen LogP) is 10.2. The van der Waals surface area contributed by atoms with Crippen molar-refractivity contribution in [1.82, 2.24) is 0 Å². The fraction of sp³-hybridized carbons (Fsp3) is 0.683. The van der Waals surface area contributed by atoms with Gasteiger partial charge >= 0.3 is 13.8 Å². The summed E-state index contributed by atoms with van der Waals surface area (Å²) >= 11 is 0. The highest BCUT2D eigenvalue weighted by molar-refractivity contribution is 7.47. The number of phosphoric ester groups is 1. The van der Waals surface area contributed by atoms with Crippen LogP contribution < -0.4 is 0 Å².